The SMILES string of the molecule is CC(C)(C)OC(=O)NC1COc2cc(Nc3ncc(C(F)(F)F)cn3)ccc2C1. The number of hydrogen-bond donors (Lipinski definition) is 2. The molecule has 2 N–H and O–H groups in total. The van der Waals surface area contributed by atoms with E-state index >= 15 is 0 Å². The lowest BCUT2D eigenvalue weighted by Gasteiger charge is -2.28. The molecule has 1 aliphatic rings. The third kappa shape index (κ3) is 5.72. The number of benzene rings is 1. The molecule has 0 saturated heterocycles. The Morgan fingerprint density at radius 1 is 1.21 bits per heavy atom. The first kappa shape index (κ1) is 20.7. The summed E-state index contributed by atoms with van der Waals surface area (Å²) >= 11 is 0. The van der Waals surface area contributed by atoms with E-state index in [4.69, 9.17) is 9.47 Å². The van der Waals surface area contributed by atoms with E-state index in [0.29, 0.717) is 17.9 Å². The van der Waals surface area contributed by atoms with E-state index in [2.05, 4.69) is 20.6 Å². The van der Waals surface area contributed by atoms with Crippen LogP contribution in [-0.4, -0.2) is 34.3 Å². The summed E-state index contributed by atoms with van der Waals surface area (Å²) in [5.41, 5.74) is -0.0445. The van der Waals surface area contributed by atoms with Crippen LogP contribution in [0.2, 0.25) is 0 Å². The summed E-state index contributed by atoms with van der Waals surface area (Å²) < 4.78 is 48.7. The van der Waals surface area contributed by atoms with Crippen LogP contribution in [0.3, 0.4) is 0 Å². The fourth-order valence-electron chi connectivity index (χ4n) is 2.69. The van der Waals surface area contributed by atoms with E-state index in [0.717, 1.165) is 18.0 Å². The number of fused-ring (bicyclic) bond motifs is 1. The first-order valence-electron chi connectivity index (χ1n) is 8.91. The molecular formula is C19H21F3N4O3. The molecule has 1 unspecified atom stereocenters. The fraction of sp³-hybridized carbons (Fsp3) is 0.421. The maximum absolute atomic E-state index is 12.6. The number of alkyl halides is 3. The number of amides is 1. The van der Waals surface area contributed by atoms with E-state index in [1.54, 1.807) is 32.9 Å². The zero-order valence-corrected chi connectivity index (χ0v) is 16.1. The van der Waals surface area contributed by atoms with Crippen molar-refractivity contribution in [2.75, 3.05) is 11.9 Å². The van der Waals surface area contributed by atoms with Gasteiger partial charge in [-0.25, -0.2) is 14.8 Å². The second-order valence-corrected chi connectivity index (χ2v) is 7.60. The molecule has 1 aromatic carbocycles. The van der Waals surface area contributed by atoms with Gasteiger partial charge in [0.1, 0.15) is 18.0 Å². The molecule has 156 valence electrons. The maximum Gasteiger partial charge on any atom is 0.419 e. The smallest absolute Gasteiger partial charge is 0.419 e. The summed E-state index contributed by atoms with van der Waals surface area (Å²) in [6.07, 6.45) is -2.99. The van der Waals surface area contributed by atoms with Gasteiger partial charge in [0.25, 0.3) is 0 Å². The minimum Gasteiger partial charge on any atom is -0.491 e. The number of nitrogens with zero attached hydrogens (tertiary/aromatic N) is 2. The van der Waals surface area contributed by atoms with Gasteiger partial charge in [-0.15, -0.1) is 0 Å². The lowest BCUT2D eigenvalue weighted by molar-refractivity contribution is -0.138. The molecule has 0 saturated carbocycles. The van der Waals surface area contributed by atoms with Gasteiger partial charge in [0, 0.05) is 24.1 Å². The lowest BCUT2D eigenvalue weighted by atomic mass is 10.0. The van der Waals surface area contributed by atoms with Crippen molar-refractivity contribution in [3.05, 3.63) is 41.7 Å². The monoisotopic (exact) mass is 410 g/mol. The van der Waals surface area contributed by atoms with E-state index < -0.39 is 23.4 Å². The number of anilines is 2. The summed E-state index contributed by atoms with van der Waals surface area (Å²) in [7, 11) is 0. The fourth-order valence-corrected chi connectivity index (χ4v) is 2.69. The molecule has 2 heterocycles. The highest BCUT2D eigenvalue weighted by atomic mass is 19.4. The summed E-state index contributed by atoms with van der Waals surface area (Å²) in [6, 6.07) is 5.03. The Morgan fingerprint density at radius 3 is 2.52 bits per heavy atom. The highest BCUT2D eigenvalue weighted by Gasteiger charge is 2.31. The molecule has 0 spiro atoms. The highest BCUT2D eigenvalue weighted by Crippen LogP contribution is 2.30. The first-order chi connectivity index (χ1) is 13.5. The van der Waals surface area contributed by atoms with Crippen molar-refractivity contribution in [3.8, 4) is 5.75 Å². The molecule has 0 fully saturated rings. The average Bonchev–Trinajstić information content (AvgIpc) is 2.60. The van der Waals surface area contributed by atoms with Crippen LogP contribution in [0.5, 0.6) is 5.75 Å². The van der Waals surface area contributed by atoms with Crippen LogP contribution in [-0.2, 0) is 17.3 Å². The van der Waals surface area contributed by atoms with Crippen molar-refractivity contribution in [1.82, 2.24) is 15.3 Å². The van der Waals surface area contributed by atoms with Crippen molar-refractivity contribution in [3.63, 3.8) is 0 Å². The van der Waals surface area contributed by atoms with Gasteiger partial charge in [0.2, 0.25) is 5.95 Å². The number of hydrogen-bond acceptors (Lipinski definition) is 6. The lowest BCUT2D eigenvalue weighted by Crippen LogP contribution is -2.44. The molecule has 0 aliphatic carbocycles. The van der Waals surface area contributed by atoms with Crippen LogP contribution in [0.15, 0.2) is 30.6 Å². The quantitative estimate of drug-likeness (QED) is 0.794. The molecule has 0 radical (unpaired) electrons. The molecule has 3 rings (SSSR count). The molecule has 1 amide bonds. The van der Waals surface area contributed by atoms with Crippen LogP contribution >= 0.6 is 0 Å². The van der Waals surface area contributed by atoms with Crippen LogP contribution in [0.25, 0.3) is 0 Å². The molecule has 10 heteroatoms. The van der Waals surface area contributed by atoms with Crippen LogP contribution in [0.4, 0.5) is 29.6 Å². The maximum atomic E-state index is 12.6. The Morgan fingerprint density at radius 2 is 1.90 bits per heavy atom. The van der Waals surface area contributed by atoms with Crippen molar-refractivity contribution < 1.29 is 27.4 Å². The third-order valence-electron chi connectivity index (χ3n) is 3.93. The Labute approximate surface area is 165 Å². The minimum atomic E-state index is -4.48. The van der Waals surface area contributed by atoms with Crippen molar-refractivity contribution >= 4 is 17.7 Å². The van der Waals surface area contributed by atoms with Gasteiger partial charge in [0.05, 0.1) is 11.6 Å². The molecule has 0 bridgehead atoms. The zero-order chi connectivity index (χ0) is 21.2. The summed E-state index contributed by atoms with van der Waals surface area (Å²) in [4.78, 5) is 19.3. The average molecular weight is 410 g/mol. The summed E-state index contributed by atoms with van der Waals surface area (Å²) in [5, 5.41) is 5.62. The number of nitrogens with one attached hydrogen (secondary N) is 2. The van der Waals surface area contributed by atoms with Gasteiger partial charge >= 0.3 is 12.3 Å². The van der Waals surface area contributed by atoms with E-state index in [9.17, 15) is 18.0 Å². The molecular weight excluding hydrogens is 389 g/mol. The van der Waals surface area contributed by atoms with Gasteiger partial charge in [-0.3, -0.25) is 0 Å². The first-order valence-corrected chi connectivity index (χ1v) is 8.91. The highest BCUT2D eigenvalue weighted by molar-refractivity contribution is 5.68. The second kappa shape index (κ2) is 7.76. The van der Waals surface area contributed by atoms with Crippen molar-refractivity contribution in [2.45, 2.75) is 45.0 Å². The van der Waals surface area contributed by atoms with Crippen molar-refractivity contribution in [2.24, 2.45) is 0 Å². The Kier molecular flexibility index (Phi) is 5.54. The van der Waals surface area contributed by atoms with Gasteiger partial charge in [-0.05, 0) is 38.8 Å². The van der Waals surface area contributed by atoms with E-state index in [1.165, 1.54) is 0 Å². The van der Waals surface area contributed by atoms with Crippen molar-refractivity contribution in [1.29, 1.82) is 0 Å². The predicted octanol–water partition coefficient (Wildman–Crippen LogP) is 4.07. The van der Waals surface area contributed by atoms with Crippen LogP contribution in [0, 0.1) is 0 Å². The van der Waals surface area contributed by atoms with E-state index in [-0.39, 0.29) is 18.6 Å². The number of carbonyl (C=O) groups is 1. The van der Waals surface area contributed by atoms with Crippen LogP contribution < -0.4 is 15.4 Å². The minimum absolute atomic E-state index is 0.0400. The topological polar surface area (TPSA) is 85.4 Å². The molecule has 1 aromatic heterocycles. The molecule has 7 nitrogen and oxygen atoms in total. The largest absolute Gasteiger partial charge is 0.491 e. The molecule has 1 aliphatic heterocycles. The number of aromatic nitrogens is 2. The number of ether oxygens (including phenoxy) is 2. The van der Waals surface area contributed by atoms with Gasteiger partial charge in [-0.2, -0.15) is 13.2 Å². The summed E-state index contributed by atoms with van der Waals surface area (Å²) in [5.74, 6) is 0.655. The Hall–Kier alpha value is -3.04. The molecule has 29 heavy (non-hydrogen) atoms. The second-order valence-electron chi connectivity index (χ2n) is 7.60. The summed E-state index contributed by atoms with van der Waals surface area (Å²) in [6.45, 7) is 5.63. The number of rotatable bonds is 3. The number of carbonyl (C=O) groups excluding carboxylic acids is 1. The molecule has 2 aromatic rings. The Balaban J connectivity index is 1.62. The van der Waals surface area contributed by atoms with E-state index in [1.807, 2.05) is 6.07 Å². The normalized spacial score (nSPS) is 16.4. The molecule has 1 atom stereocenters. The van der Waals surface area contributed by atoms with Gasteiger partial charge in [-0.1, -0.05) is 6.07 Å². The Bertz CT molecular complexity index is 880. The number of halogens is 3. The number of alkyl carbamates (subject to hydrolysis) is 1. The predicted molar refractivity (Wildman–Crippen MR) is 99.1 cm³/mol. The van der Waals surface area contributed by atoms with Crippen LogP contribution in [0.1, 0.15) is 31.9 Å². The van der Waals surface area contributed by atoms with Gasteiger partial charge < -0.3 is 20.1 Å². The standard InChI is InChI=1S/C19H21F3N4O3/c1-18(2,3)29-17(27)26-14-6-11-4-5-13(7-15(11)28-10-14)25-16-23-8-12(9-24-16)19(20,21)22/h4-5,7-9,14H,6,10H2,1-3H3,(H,26,27)(H,23,24,25). The van der Waals surface area contributed by atoms with Gasteiger partial charge in [0.15, 0.2) is 0 Å². The third-order valence-corrected chi connectivity index (χ3v) is 3.93. The zero-order valence-electron chi connectivity index (χ0n) is 16.1.